The summed E-state index contributed by atoms with van der Waals surface area (Å²) in [5, 5.41) is 0. The van der Waals surface area contributed by atoms with Crippen molar-refractivity contribution < 1.29 is 4.74 Å². The Morgan fingerprint density at radius 1 is 1.67 bits per heavy atom. The van der Waals surface area contributed by atoms with E-state index >= 15 is 0 Å². The van der Waals surface area contributed by atoms with Gasteiger partial charge in [-0.2, -0.15) is 0 Å². The lowest BCUT2D eigenvalue weighted by Gasteiger charge is -1.84. The first-order valence-electron chi connectivity index (χ1n) is 1.39. The molecule has 2 heteroatoms. The van der Waals surface area contributed by atoms with E-state index in [4.69, 9.17) is 0 Å². The van der Waals surface area contributed by atoms with Crippen LogP contribution in [0.2, 0.25) is 0 Å². The number of methoxy groups -OCH3 is 1. The first-order chi connectivity index (χ1) is 2.41. The van der Waals surface area contributed by atoms with E-state index in [2.05, 4.69) is 4.74 Å². The second-order valence-corrected chi connectivity index (χ2v) is 1.51. The first-order valence-corrected chi connectivity index (χ1v) is 2.79. The molecule has 0 atom stereocenters. The van der Waals surface area contributed by atoms with Crippen LogP contribution in [0.5, 0.6) is 0 Å². The highest BCUT2D eigenvalue weighted by molar-refractivity contribution is 7.98. The molecular weight excluding hydrogens is 96.1 g/mol. The van der Waals surface area contributed by atoms with Gasteiger partial charge in [-0.3, -0.25) is 0 Å². The summed E-state index contributed by atoms with van der Waals surface area (Å²) in [5.74, 6) is 0.806. The van der Waals surface area contributed by atoms with Crippen molar-refractivity contribution in [1.29, 1.82) is 0 Å². The van der Waals surface area contributed by atoms with Gasteiger partial charge in [0.05, 0.1) is 5.94 Å². The molecule has 0 amide bonds. The predicted octanol–water partition coefficient (Wildman–Crippen LogP) is 1.59. The fraction of sp³-hybridized carbons (Fsp3) is 1.00. The maximum absolute atomic E-state index is 4.65. The fourth-order valence-corrected chi connectivity index (χ4v) is 0.354. The zero-order valence-corrected chi connectivity index (χ0v) is 4.34. The van der Waals surface area contributed by atoms with Gasteiger partial charge in [0.1, 0.15) is 0 Å². The van der Waals surface area contributed by atoms with Crippen molar-refractivity contribution in [3.05, 3.63) is 0 Å². The van der Waals surface area contributed by atoms with Gasteiger partial charge < -0.3 is 4.74 Å². The molecule has 0 spiro atoms. The maximum Gasteiger partial charge on any atom is 0.0914 e. The van der Waals surface area contributed by atoms with Crippen molar-refractivity contribution in [2.75, 3.05) is 19.3 Å². The lowest BCUT2D eigenvalue weighted by molar-refractivity contribution is 0.259. The molecule has 0 aromatic carbocycles. The minimum Gasteiger partial charge on any atom is -0.374 e. The van der Waals surface area contributed by atoms with Gasteiger partial charge in [0.15, 0.2) is 0 Å². The minimum atomic E-state index is 0. The van der Waals surface area contributed by atoms with Crippen molar-refractivity contribution in [3.63, 3.8) is 0 Å². The van der Waals surface area contributed by atoms with Crippen molar-refractivity contribution in [2.24, 2.45) is 0 Å². The Bertz CT molecular complexity index is 15.0. The summed E-state index contributed by atoms with van der Waals surface area (Å²) in [6.45, 7) is 0. The summed E-state index contributed by atoms with van der Waals surface area (Å²) in [4.78, 5) is 0. The molecule has 0 bridgehead atoms. The number of hydrogen-bond donors (Lipinski definition) is 0. The molecule has 0 radical (unpaired) electrons. The second kappa shape index (κ2) is 9.00. The third kappa shape index (κ3) is 8.85. The van der Waals surface area contributed by atoms with Crippen LogP contribution in [0.15, 0.2) is 0 Å². The lowest BCUT2D eigenvalue weighted by atomic mass is 11.5. The van der Waals surface area contributed by atoms with Gasteiger partial charge in [0.25, 0.3) is 0 Å². The van der Waals surface area contributed by atoms with E-state index in [-0.39, 0.29) is 7.43 Å². The monoisotopic (exact) mass is 108 g/mol. The van der Waals surface area contributed by atoms with Crippen LogP contribution < -0.4 is 0 Å². The average Bonchev–Trinajstić information content (AvgIpc) is 1.41. The van der Waals surface area contributed by atoms with Crippen LogP contribution in [0.3, 0.4) is 0 Å². The molecule has 0 unspecified atom stereocenters. The molecule has 0 aromatic heterocycles. The summed E-state index contributed by atoms with van der Waals surface area (Å²) in [6.07, 6.45) is 2.00. The average molecular weight is 108 g/mol. The summed E-state index contributed by atoms with van der Waals surface area (Å²) >= 11 is 1.68. The van der Waals surface area contributed by atoms with Crippen LogP contribution in [-0.4, -0.2) is 19.3 Å². The Morgan fingerprint density at radius 2 is 2.17 bits per heavy atom. The Kier molecular flexibility index (Phi) is 14.4. The van der Waals surface area contributed by atoms with E-state index in [1.54, 1.807) is 18.9 Å². The van der Waals surface area contributed by atoms with Gasteiger partial charge in [-0.15, -0.1) is 11.8 Å². The van der Waals surface area contributed by atoms with Crippen molar-refractivity contribution in [1.82, 2.24) is 0 Å². The van der Waals surface area contributed by atoms with Gasteiger partial charge in [-0.05, 0) is 6.26 Å². The molecular formula is C4H12OS. The Labute approximate surface area is 44.1 Å². The van der Waals surface area contributed by atoms with E-state index in [1.165, 1.54) is 0 Å². The molecule has 0 aliphatic carbocycles. The van der Waals surface area contributed by atoms with E-state index < -0.39 is 0 Å². The molecule has 1 nitrogen and oxygen atoms in total. The Balaban J connectivity index is 0. The number of rotatable bonds is 2. The summed E-state index contributed by atoms with van der Waals surface area (Å²) in [6, 6.07) is 0. The fourth-order valence-electron chi connectivity index (χ4n) is 0.118. The van der Waals surface area contributed by atoms with Crippen LogP contribution in [0, 0.1) is 0 Å². The quantitative estimate of drug-likeness (QED) is 0.497. The SMILES string of the molecule is C.COCSC. The topological polar surface area (TPSA) is 9.23 Å². The lowest BCUT2D eigenvalue weighted by Crippen LogP contribution is -1.75. The summed E-state index contributed by atoms with van der Waals surface area (Å²) < 4.78 is 4.65. The number of ether oxygens (including phenoxy) is 1. The molecule has 0 saturated heterocycles. The van der Waals surface area contributed by atoms with Crippen LogP contribution in [-0.2, 0) is 4.74 Å². The molecule has 0 rings (SSSR count). The van der Waals surface area contributed by atoms with E-state index in [9.17, 15) is 0 Å². The molecule has 0 aromatic rings. The largest absolute Gasteiger partial charge is 0.374 e. The van der Waals surface area contributed by atoms with Gasteiger partial charge in [-0.1, -0.05) is 7.43 Å². The van der Waals surface area contributed by atoms with E-state index in [0.29, 0.717) is 0 Å². The van der Waals surface area contributed by atoms with Gasteiger partial charge in [0.2, 0.25) is 0 Å². The van der Waals surface area contributed by atoms with Crippen molar-refractivity contribution >= 4 is 11.8 Å². The van der Waals surface area contributed by atoms with Crippen LogP contribution in [0.1, 0.15) is 7.43 Å². The Morgan fingerprint density at radius 3 is 2.17 bits per heavy atom. The highest BCUT2D eigenvalue weighted by Crippen LogP contribution is 1.86. The highest BCUT2D eigenvalue weighted by Gasteiger charge is 1.65. The predicted molar refractivity (Wildman–Crippen MR) is 32.1 cm³/mol. The van der Waals surface area contributed by atoms with E-state index in [0.717, 1.165) is 5.94 Å². The molecule has 6 heavy (non-hydrogen) atoms. The molecule has 40 valence electrons. The standard InChI is InChI=1S/C3H8OS.CH4/c1-4-3-5-2;/h3H2,1-2H3;1H4. The molecule has 0 N–H and O–H groups in total. The maximum atomic E-state index is 4.65. The highest BCUT2D eigenvalue weighted by atomic mass is 32.2. The zero-order chi connectivity index (χ0) is 4.12. The Hall–Kier alpha value is 0.310. The van der Waals surface area contributed by atoms with Gasteiger partial charge in [-0.25, -0.2) is 0 Å². The smallest absolute Gasteiger partial charge is 0.0914 e. The number of hydrogen-bond acceptors (Lipinski definition) is 2. The summed E-state index contributed by atoms with van der Waals surface area (Å²) in [7, 11) is 1.69. The third-order valence-corrected chi connectivity index (χ3v) is 0.707. The molecule has 0 aliphatic heterocycles. The second-order valence-electron chi connectivity index (χ2n) is 0.695. The third-order valence-electron chi connectivity index (χ3n) is 0.236. The van der Waals surface area contributed by atoms with Crippen molar-refractivity contribution in [3.8, 4) is 0 Å². The van der Waals surface area contributed by atoms with Crippen molar-refractivity contribution in [2.45, 2.75) is 7.43 Å². The minimum absolute atomic E-state index is 0. The zero-order valence-electron chi connectivity index (χ0n) is 3.52. The normalized spacial score (nSPS) is 7.00. The molecule has 0 saturated carbocycles. The van der Waals surface area contributed by atoms with Gasteiger partial charge in [0, 0.05) is 7.11 Å². The molecule has 0 heterocycles. The molecule has 0 aliphatic rings. The summed E-state index contributed by atoms with van der Waals surface area (Å²) in [5.41, 5.74) is 0. The van der Waals surface area contributed by atoms with Crippen LogP contribution in [0.25, 0.3) is 0 Å². The van der Waals surface area contributed by atoms with Crippen LogP contribution in [0.4, 0.5) is 0 Å². The molecule has 0 fully saturated rings. The number of thioether (sulfide) groups is 1. The first kappa shape index (κ1) is 9.58. The van der Waals surface area contributed by atoms with Crippen LogP contribution >= 0.6 is 11.8 Å². The van der Waals surface area contributed by atoms with E-state index in [1.807, 2.05) is 6.26 Å². The van der Waals surface area contributed by atoms with Gasteiger partial charge >= 0.3 is 0 Å².